The minimum absolute atomic E-state index is 0.0794. The molecule has 2 N–H and O–H groups in total. The molecule has 1 aromatic carbocycles. The van der Waals surface area contributed by atoms with E-state index in [1.807, 2.05) is 6.07 Å². The average molecular weight is 208 g/mol. The van der Waals surface area contributed by atoms with Crippen LogP contribution in [0.5, 0.6) is 0 Å². The number of likely N-dealkylation sites (N-methyl/N-ethyl adjacent to an activating group) is 1. The van der Waals surface area contributed by atoms with Crippen LogP contribution in [-0.2, 0) is 4.79 Å². The lowest BCUT2D eigenvalue weighted by molar-refractivity contribution is -0.128. The number of amides is 1. The third-order valence-electron chi connectivity index (χ3n) is 2.84. The molecule has 1 heterocycles. The summed E-state index contributed by atoms with van der Waals surface area (Å²) in [5, 5.41) is 0. The topological polar surface area (TPSA) is 46.3 Å². The molecule has 2 atom stereocenters. The Labute approximate surface area is 87.7 Å². The second-order valence-electron chi connectivity index (χ2n) is 3.86. The van der Waals surface area contributed by atoms with Crippen LogP contribution in [0.3, 0.4) is 0 Å². The van der Waals surface area contributed by atoms with Gasteiger partial charge in [-0.15, -0.1) is 0 Å². The highest BCUT2D eigenvalue weighted by atomic mass is 19.1. The van der Waals surface area contributed by atoms with Gasteiger partial charge in [0, 0.05) is 7.05 Å². The Morgan fingerprint density at radius 1 is 1.53 bits per heavy atom. The number of benzene rings is 1. The van der Waals surface area contributed by atoms with E-state index in [4.69, 9.17) is 5.73 Å². The number of hydrogen-bond donors (Lipinski definition) is 1. The summed E-state index contributed by atoms with van der Waals surface area (Å²) in [4.78, 5) is 13.1. The summed E-state index contributed by atoms with van der Waals surface area (Å²) in [6.07, 6.45) is 0.554. The lowest BCUT2D eigenvalue weighted by atomic mass is 10.0. The van der Waals surface area contributed by atoms with Crippen LogP contribution in [0.25, 0.3) is 0 Å². The maximum atomic E-state index is 13.0. The zero-order valence-electron chi connectivity index (χ0n) is 8.48. The Balaban J connectivity index is 2.29. The molecule has 1 fully saturated rings. The van der Waals surface area contributed by atoms with Crippen LogP contribution in [0.2, 0.25) is 0 Å². The molecule has 1 saturated heterocycles. The summed E-state index contributed by atoms with van der Waals surface area (Å²) >= 11 is 0. The molecule has 1 aromatic rings. The Morgan fingerprint density at radius 3 is 2.80 bits per heavy atom. The predicted octanol–water partition coefficient (Wildman–Crippen LogP) is 1.06. The standard InChI is InChI=1S/C11H13FN2O/c1-14-10(6-9(13)11(14)15)7-3-2-4-8(12)5-7/h2-5,9-10H,6,13H2,1H3/t9-,10+/m0/s1. The van der Waals surface area contributed by atoms with E-state index in [0.29, 0.717) is 6.42 Å². The summed E-state index contributed by atoms with van der Waals surface area (Å²) in [5.41, 5.74) is 6.45. The van der Waals surface area contributed by atoms with Crippen molar-refractivity contribution >= 4 is 5.91 Å². The lowest BCUT2D eigenvalue weighted by Gasteiger charge is -2.19. The van der Waals surface area contributed by atoms with Crippen LogP contribution in [0.4, 0.5) is 4.39 Å². The van der Waals surface area contributed by atoms with Crippen molar-refractivity contribution in [3.8, 4) is 0 Å². The summed E-state index contributed by atoms with van der Waals surface area (Å²) in [5.74, 6) is -0.363. The summed E-state index contributed by atoms with van der Waals surface area (Å²) < 4.78 is 13.0. The molecule has 15 heavy (non-hydrogen) atoms. The normalized spacial score (nSPS) is 26.1. The van der Waals surface area contributed by atoms with Gasteiger partial charge in [-0.05, 0) is 24.1 Å². The van der Waals surface area contributed by atoms with E-state index >= 15 is 0 Å². The fourth-order valence-electron chi connectivity index (χ4n) is 1.99. The van der Waals surface area contributed by atoms with E-state index in [1.165, 1.54) is 12.1 Å². The fourth-order valence-corrected chi connectivity index (χ4v) is 1.99. The Morgan fingerprint density at radius 2 is 2.27 bits per heavy atom. The van der Waals surface area contributed by atoms with Gasteiger partial charge in [0.25, 0.3) is 0 Å². The molecule has 0 spiro atoms. The molecule has 2 rings (SSSR count). The number of hydrogen-bond acceptors (Lipinski definition) is 2. The molecule has 0 aromatic heterocycles. The fraction of sp³-hybridized carbons (Fsp3) is 0.364. The highest BCUT2D eigenvalue weighted by Gasteiger charge is 2.35. The van der Waals surface area contributed by atoms with Gasteiger partial charge >= 0.3 is 0 Å². The van der Waals surface area contributed by atoms with Crippen LogP contribution in [-0.4, -0.2) is 23.9 Å². The van der Waals surface area contributed by atoms with Gasteiger partial charge in [-0.1, -0.05) is 12.1 Å². The van der Waals surface area contributed by atoms with Crippen LogP contribution in [0, 0.1) is 5.82 Å². The van der Waals surface area contributed by atoms with E-state index in [2.05, 4.69) is 0 Å². The van der Waals surface area contributed by atoms with Gasteiger partial charge in [-0.3, -0.25) is 4.79 Å². The van der Waals surface area contributed by atoms with E-state index in [-0.39, 0.29) is 17.8 Å². The number of rotatable bonds is 1. The second kappa shape index (κ2) is 3.62. The number of nitrogens with two attached hydrogens (primary N) is 1. The van der Waals surface area contributed by atoms with Crippen molar-refractivity contribution in [1.82, 2.24) is 4.90 Å². The molecule has 1 aliphatic heterocycles. The molecule has 0 bridgehead atoms. The van der Waals surface area contributed by atoms with E-state index in [0.717, 1.165) is 5.56 Å². The van der Waals surface area contributed by atoms with Gasteiger partial charge < -0.3 is 10.6 Å². The predicted molar refractivity (Wildman–Crippen MR) is 54.5 cm³/mol. The minimum Gasteiger partial charge on any atom is -0.337 e. The quantitative estimate of drug-likeness (QED) is 0.750. The Kier molecular flexibility index (Phi) is 2.44. The molecular formula is C11H13FN2O. The third kappa shape index (κ3) is 1.72. The van der Waals surface area contributed by atoms with Gasteiger partial charge in [-0.2, -0.15) is 0 Å². The summed E-state index contributed by atoms with van der Waals surface area (Å²) in [6, 6.07) is 5.75. The van der Waals surface area contributed by atoms with Gasteiger partial charge in [0.15, 0.2) is 0 Å². The monoisotopic (exact) mass is 208 g/mol. The number of nitrogens with zero attached hydrogens (tertiary/aromatic N) is 1. The molecule has 4 heteroatoms. The first kappa shape index (κ1) is 10.1. The van der Waals surface area contributed by atoms with E-state index in [9.17, 15) is 9.18 Å². The zero-order chi connectivity index (χ0) is 11.0. The number of halogens is 1. The molecule has 0 saturated carbocycles. The van der Waals surface area contributed by atoms with E-state index in [1.54, 1.807) is 18.0 Å². The van der Waals surface area contributed by atoms with Crippen molar-refractivity contribution < 1.29 is 9.18 Å². The van der Waals surface area contributed by atoms with Crippen molar-refractivity contribution in [3.63, 3.8) is 0 Å². The molecule has 0 radical (unpaired) electrons. The highest BCUT2D eigenvalue weighted by molar-refractivity contribution is 5.84. The minimum atomic E-state index is -0.455. The van der Waals surface area contributed by atoms with Gasteiger partial charge in [-0.25, -0.2) is 4.39 Å². The number of likely N-dealkylation sites (tertiary alicyclic amines) is 1. The number of carbonyl (C=O) groups is 1. The van der Waals surface area contributed by atoms with Crippen molar-refractivity contribution in [1.29, 1.82) is 0 Å². The van der Waals surface area contributed by atoms with Crippen LogP contribution in [0.15, 0.2) is 24.3 Å². The van der Waals surface area contributed by atoms with E-state index < -0.39 is 6.04 Å². The molecular weight excluding hydrogens is 195 g/mol. The summed E-state index contributed by atoms with van der Waals surface area (Å²) in [7, 11) is 1.70. The van der Waals surface area contributed by atoms with Crippen LogP contribution < -0.4 is 5.73 Å². The van der Waals surface area contributed by atoms with Gasteiger partial charge in [0.1, 0.15) is 5.82 Å². The lowest BCUT2D eigenvalue weighted by Crippen LogP contribution is -2.31. The molecule has 80 valence electrons. The van der Waals surface area contributed by atoms with Crippen LogP contribution in [0.1, 0.15) is 18.0 Å². The third-order valence-corrected chi connectivity index (χ3v) is 2.84. The number of carbonyl (C=O) groups excluding carboxylic acids is 1. The Bertz CT molecular complexity index is 394. The maximum Gasteiger partial charge on any atom is 0.239 e. The SMILES string of the molecule is CN1C(=O)[C@@H](N)C[C@@H]1c1cccc(F)c1. The van der Waals surface area contributed by atoms with Crippen molar-refractivity contribution in [3.05, 3.63) is 35.6 Å². The zero-order valence-corrected chi connectivity index (χ0v) is 8.48. The van der Waals surface area contributed by atoms with Gasteiger partial charge in [0.2, 0.25) is 5.91 Å². The molecule has 3 nitrogen and oxygen atoms in total. The average Bonchev–Trinajstić information content (AvgIpc) is 2.46. The first-order chi connectivity index (χ1) is 7.09. The largest absolute Gasteiger partial charge is 0.337 e. The smallest absolute Gasteiger partial charge is 0.239 e. The summed E-state index contributed by atoms with van der Waals surface area (Å²) in [6.45, 7) is 0. The van der Waals surface area contributed by atoms with Crippen LogP contribution >= 0.6 is 0 Å². The first-order valence-corrected chi connectivity index (χ1v) is 4.87. The van der Waals surface area contributed by atoms with Crippen molar-refractivity contribution in [2.24, 2.45) is 5.73 Å². The first-order valence-electron chi connectivity index (χ1n) is 4.87. The highest BCUT2D eigenvalue weighted by Crippen LogP contribution is 2.30. The van der Waals surface area contributed by atoms with Crippen molar-refractivity contribution in [2.45, 2.75) is 18.5 Å². The van der Waals surface area contributed by atoms with Crippen molar-refractivity contribution in [2.75, 3.05) is 7.05 Å². The molecule has 1 amide bonds. The Hall–Kier alpha value is -1.42. The molecule has 1 aliphatic rings. The maximum absolute atomic E-state index is 13.0. The van der Waals surface area contributed by atoms with Gasteiger partial charge in [0.05, 0.1) is 12.1 Å². The molecule has 0 unspecified atom stereocenters. The molecule has 0 aliphatic carbocycles. The second-order valence-corrected chi connectivity index (χ2v) is 3.86.